The van der Waals surface area contributed by atoms with E-state index in [0.717, 1.165) is 19.4 Å². The second-order valence-corrected chi connectivity index (χ2v) is 15.0. The van der Waals surface area contributed by atoms with E-state index in [0.29, 0.717) is 66.4 Å². The highest BCUT2D eigenvalue weighted by Gasteiger charge is 2.49. The van der Waals surface area contributed by atoms with Crippen LogP contribution in [0.15, 0.2) is 30.5 Å². The third-order valence-electron chi connectivity index (χ3n) is 10.1. The van der Waals surface area contributed by atoms with E-state index in [1.807, 2.05) is 6.92 Å². The van der Waals surface area contributed by atoms with Gasteiger partial charge in [0, 0.05) is 44.9 Å². The van der Waals surface area contributed by atoms with Gasteiger partial charge < -0.3 is 19.1 Å². The van der Waals surface area contributed by atoms with Gasteiger partial charge in [-0.1, -0.05) is 13.0 Å². The minimum atomic E-state index is -3.86. The number of methoxy groups -OCH3 is 1. The Morgan fingerprint density at radius 1 is 1.10 bits per heavy atom. The maximum Gasteiger partial charge on any atom is 0.319 e. The number of ether oxygens (including phenoxy) is 3. The fourth-order valence-electron chi connectivity index (χ4n) is 7.79. The number of nitrogens with two attached hydrogens (primary N) is 1. The lowest BCUT2D eigenvalue weighted by atomic mass is 9.94. The molecule has 0 bridgehead atoms. The number of sulfonamides is 1. The lowest BCUT2D eigenvalue weighted by Crippen LogP contribution is -2.45. The van der Waals surface area contributed by atoms with E-state index >= 15 is 8.78 Å². The second-order valence-electron chi connectivity index (χ2n) is 13.2. The van der Waals surface area contributed by atoms with Crippen molar-refractivity contribution in [3.63, 3.8) is 0 Å². The third kappa shape index (κ3) is 6.26. The highest BCUT2D eigenvalue weighted by Crippen LogP contribution is 2.42. The SMILES string of the molecule is CCc1c(F)ccc2cc(OCOC)cc(-c3ncc4c(N5CCC[C@@H](S(N)(=O)=O)C5)nc(OCC56CCCN5C[C@H](F)C6)nc4c3F)c12. The van der Waals surface area contributed by atoms with Gasteiger partial charge in [0.15, 0.2) is 12.6 Å². The number of anilines is 1. The first kappa shape index (κ1) is 33.7. The van der Waals surface area contributed by atoms with E-state index in [2.05, 4.69) is 19.9 Å². The molecule has 49 heavy (non-hydrogen) atoms. The van der Waals surface area contributed by atoms with Crippen LogP contribution < -0.4 is 19.5 Å². The Bertz CT molecular complexity index is 2020. The smallest absolute Gasteiger partial charge is 0.319 e. The normalized spacial score (nSPS) is 23.0. The molecule has 11 nitrogen and oxygen atoms in total. The lowest BCUT2D eigenvalue weighted by molar-refractivity contribution is 0.0512. The van der Waals surface area contributed by atoms with Gasteiger partial charge in [-0.3, -0.25) is 9.88 Å². The number of aromatic nitrogens is 3. The van der Waals surface area contributed by atoms with Crippen LogP contribution in [0.5, 0.6) is 11.8 Å². The number of aryl methyl sites for hydroxylation is 1. The molecule has 3 aliphatic heterocycles. The number of alkyl halides is 1. The third-order valence-corrected chi connectivity index (χ3v) is 11.4. The second kappa shape index (κ2) is 13.2. The predicted molar refractivity (Wildman–Crippen MR) is 179 cm³/mol. The number of benzene rings is 2. The fourth-order valence-corrected chi connectivity index (χ4v) is 8.68. The Labute approximate surface area is 282 Å². The van der Waals surface area contributed by atoms with Crippen molar-refractivity contribution in [1.29, 1.82) is 0 Å². The number of piperidine rings is 1. The van der Waals surface area contributed by atoms with Crippen LogP contribution in [0.3, 0.4) is 0 Å². The van der Waals surface area contributed by atoms with E-state index in [-0.39, 0.29) is 48.4 Å². The zero-order valence-corrected chi connectivity index (χ0v) is 28.2. The number of pyridine rings is 1. The molecule has 2 N–H and O–H groups in total. The summed E-state index contributed by atoms with van der Waals surface area (Å²) in [4.78, 5) is 17.6. The van der Waals surface area contributed by atoms with Crippen LogP contribution >= 0.6 is 0 Å². The van der Waals surface area contributed by atoms with E-state index in [4.69, 9.17) is 19.3 Å². The molecule has 1 unspecified atom stereocenters. The molecule has 262 valence electrons. The topological polar surface area (TPSA) is 133 Å². The Balaban J connectivity index is 1.39. The Morgan fingerprint density at radius 2 is 1.94 bits per heavy atom. The van der Waals surface area contributed by atoms with Gasteiger partial charge in [0.05, 0.1) is 16.2 Å². The largest absolute Gasteiger partial charge is 0.468 e. The van der Waals surface area contributed by atoms with Gasteiger partial charge in [-0.15, -0.1) is 0 Å². The summed E-state index contributed by atoms with van der Waals surface area (Å²) in [5, 5.41) is 6.04. The van der Waals surface area contributed by atoms with Gasteiger partial charge in [0.2, 0.25) is 10.0 Å². The van der Waals surface area contributed by atoms with Crippen molar-refractivity contribution < 1.29 is 35.8 Å². The van der Waals surface area contributed by atoms with Gasteiger partial charge in [-0.05, 0) is 73.2 Å². The number of hydrogen-bond donors (Lipinski definition) is 1. The fraction of sp³-hybridized carbons (Fsp3) is 0.500. The van der Waals surface area contributed by atoms with Crippen molar-refractivity contribution in [3.05, 3.63) is 47.7 Å². The van der Waals surface area contributed by atoms with Gasteiger partial charge >= 0.3 is 6.01 Å². The van der Waals surface area contributed by atoms with Gasteiger partial charge in [0.25, 0.3) is 0 Å². The van der Waals surface area contributed by atoms with Crippen LogP contribution in [0, 0.1) is 11.6 Å². The molecule has 3 saturated heterocycles. The number of fused-ring (bicyclic) bond motifs is 3. The minimum Gasteiger partial charge on any atom is -0.468 e. The molecular weight excluding hydrogens is 661 g/mol. The van der Waals surface area contributed by atoms with Gasteiger partial charge in [0.1, 0.15) is 41.4 Å². The Morgan fingerprint density at radius 3 is 2.71 bits per heavy atom. The summed E-state index contributed by atoms with van der Waals surface area (Å²) in [6, 6.07) is 6.18. The molecule has 7 rings (SSSR count). The molecule has 5 heterocycles. The van der Waals surface area contributed by atoms with Gasteiger partial charge in [-0.25, -0.2) is 26.7 Å². The summed E-state index contributed by atoms with van der Waals surface area (Å²) in [7, 11) is -2.38. The van der Waals surface area contributed by atoms with E-state index in [1.54, 1.807) is 23.1 Å². The van der Waals surface area contributed by atoms with Crippen LogP contribution in [0.4, 0.5) is 19.0 Å². The number of halogens is 3. The average Bonchev–Trinajstić information content (AvgIpc) is 3.61. The zero-order valence-electron chi connectivity index (χ0n) is 27.4. The number of hydrogen-bond acceptors (Lipinski definition) is 10. The summed E-state index contributed by atoms with van der Waals surface area (Å²) < 4.78 is 88.4. The molecule has 2 aromatic carbocycles. The first-order valence-electron chi connectivity index (χ1n) is 16.5. The monoisotopic (exact) mass is 700 g/mol. The summed E-state index contributed by atoms with van der Waals surface area (Å²) in [6.07, 6.45) is 3.69. The molecule has 2 aromatic heterocycles. The van der Waals surface area contributed by atoms with Crippen molar-refractivity contribution in [3.8, 4) is 23.0 Å². The summed E-state index contributed by atoms with van der Waals surface area (Å²) in [6.45, 7) is 3.44. The van der Waals surface area contributed by atoms with Crippen LogP contribution in [0.2, 0.25) is 0 Å². The molecule has 3 fully saturated rings. The van der Waals surface area contributed by atoms with Crippen molar-refractivity contribution in [2.75, 3.05) is 51.6 Å². The maximum absolute atomic E-state index is 17.0. The Kier molecular flexibility index (Phi) is 9.05. The number of primary sulfonamides is 1. The van der Waals surface area contributed by atoms with Crippen LogP contribution in [-0.4, -0.2) is 91.9 Å². The van der Waals surface area contributed by atoms with E-state index in [1.165, 1.54) is 19.4 Å². The van der Waals surface area contributed by atoms with Crippen molar-refractivity contribution in [2.45, 2.75) is 62.4 Å². The maximum atomic E-state index is 17.0. The molecular formula is C34H39F3N6O5S. The molecule has 0 amide bonds. The van der Waals surface area contributed by atoms with Crippen LogP contribution in [0.25, 0.3) is 32.9 Å². The van der Waals surface area contributed by atoms with Gasteiger partial charge in [-0.2, -0.15) is 9.97 Å². The molecule has 3 aliphatic rings. The average molecular weight is 701 g/mol. The predicted octanol–water partition coefficient (Wildman–Crippen LogP) is 4.88. The Hall–Kier alpha value is -3.79. The first-order chi connectivity index (χ1) is 23.5. The number of rotatable bonds is 10. The van der Waals surface area contributed by atoms with E-state index in [9.17, 15) is 12.8 Å². The molecule has 0 spiro atoms. The molecule has 15 heteroatoms. The molecule has 0 aliphatic carbocycles. The van der Waals surface area contributed by atoms with Crippen molar-refractivity contribution >= 4 is 37.5 Å². The zero-order chi connectivity index (χ0) is 34.5. The molecule has 0 radical (unpaired) electrons. The lowest BCUT2D eigenvalue weighted by Gasteiger charge is -2.33. The first-order valence-corrected chi connectivity index (χ1v) is 18.1. The van der Waals surface area contributed by atoms with Crippen LogP contribution in [0.1, 0.15) is 44.6 Å². The molecule has 3 atom stereocenters. The summed E-state index contributed by atoms with van der Waals surface area (Å²) in [5.41, 5.74) is -0.0102. The number of nitrogens with zero attached hydrogens (tertiary/aromatic N) is 5. The standard InChI is InChI=1S/C34H39F3N6O5S/c1-3-24-27(36)8-7-20-12-22(48-19-46-2)13-25(28(20)24)30-29(37)31-26(15-39-30)32(42-10-4-6-23(17-42)49(38,44)45)41-33(40-31)47-18-34-9-5-11-43(34)16-21(35)14-34/h7-8,12-13,15,21,23H,3-6,9-11,14,16-19H2,1-2H3,(H2,38,44,45)/t21-,23-,34?/m1/s1. The minimum absolute atomic E-state index is 0.0393. The highest BCUT2D eigenvalue weighted by molar-refractivity contribution is 7.89. The quantitative estimate of drug-likeness (QED) is 0.228. The van der Waals surface area contributed by atoms with Crippen molar-refractivity contribution in [1.82, 2.24) is 19.9 Å². The van der Waals surface area contributed by atoms with E-state index < -0.39 is 38.6 Å². The van der Waals surface area contributed by atoms with Crippen LogP contribution in [-0.2, 0) is 21.2 Å². The summed E-state index contributed by atoms with van der Waals surface area (Å²) in [5.74, 6) is -0.602. The molecule has 4 aromatic rings. The van der Waals surface area contributed by atoms with Crippen molar-refractivity contribution in [2.24, 2.45) is 5.14 Å². The molecule has 0 saturated carbocycles. The summed E-state index contributed by atoms with van der Waals surface area (Å²) >= 11 is 0. The highest BCUT2D eigenvalue weighted by atomic mass is 32.2.